The van der Waals surface area contributed by atoms with Crippen molar-refractivity contribution in [1.82, 2.24) is 10.6 Å². The molecular formula is C15H28N2O2. The van der Waals surface area contributed by atoms with E-state index in [0.29, 0.717) is 13.0 Å². The first-order valence-electron chi connectivity index (χ1n) is 7.67. The molecule has 1 heterocycles. The van der Waals surface area contributed by atoms with E-state index in [0.717, 1.165) is 32.3 Å². The third-order valence-electron chi connectivity index (χ3n) is 4.80. The van der Waals surface area contributed by atoms with Gasteiger partial charge in [0.25, 0.3) is 0 Å². The molecule has 2 fully saturated rings. The van der Waals surface area contributed by atoms with E-state index in [2.05, 4.69) is 17.6 Å². The van der Waals surface area contributed by atoms with Gasteiger partial charge in [0.05, 0.1) is 5.60 Å². The van der Waals surface area contributed by atoms with Crippen LogP contribution < -0.4 is 10.6 Å². The zero-order valence-corrected chi connectivity index (χ0v) is 12.4. The van der Waals surface area contributed by atoms with Gasteiger partial charge in [0.2, 0.25) is 5.91 Å². The van der Waals surface area contributed by atoms with E-state index < -0.39 is 0 Å². The van der Waals surface area contributed by atoms with Crippen LogP contribution in [0.15, 0.2) is 0 Å². The molecule has 1 aliphatic heterocycles. The van der Waals surface area contributed by atoms with Crippen LogP contribution in [0, 0.1) is 0 Å². The van der Waals surface area contributed by atoms with E-state index in [9.17, 15) is 4.79 Å². The maximum absolute atomic E-state index is 12.2. The summed E-state index contributed by atoms with van der Waals surface area (Å²) in [5.41, 5.74) is -0.116. The van der Waals surface area contributed by atoms with Crippen molar-refractivity contribution in [2.75, 3.05) is 20.2 Å². The highest BCUT2D eigenvalue weighted by Gasteiger charge is 2.34. The minimum Gasteiger partial charge on any atom is -0.373 e. The van der Waals surface area contributed by atoms with E-state index in [-0.39, 0.29) is 17.0 Å². The van der Waals surface area contributed by atoms with Gasteiger partial charge in [-0.15, -0.1) is 0 Å². The Balaban J connectivity index is 1.79. The normalized spacial score (nSPS) is 30.2. The van der Waals surface area contributed by atoms with E-state index in [4.69, 9.17) is 4.74 Å². The number of ether oxygens (including phenoxy) is 1. The summed E-state index contributed by atoms with van der Waals surface area (Å²) < 4.78 is 5.70. The van der Waals surface area contributed by atoms with E-state index in [1.54, 1.807) is 0 Å². The van der Waals surface area contributed by atoms with Gasteiger partial charge in [0.1, 0.15) is 0 Å². The maximum Gasteiger partial charge on any atom is 0.221 e. The minimum absolute atomic E-state index is 0.0276. The van der Waals surface area contributed by atoms with E-state index >= 15 is 0 Å². The largest absolute Gasteiger partial charge is 0.373 e. The zero-order valence-electron chi connectivity index (χ0n) is 12.4. The standard InChI is InChI=1S/C15H28N2O2/c1-14(7-6-10-19-14)12-17-13(18)11-15(16-2)8-4-3-5-9-15/h16H,3-12H2,1-2H3,(H,17,18). The second-order valence-corrected chi connectivity index (χ2v) is 6.45. The minimum atomic E-state index is -0.144. The van der Waals surface area contributed by atoms with Crippen molar-refractivity contribution in [1.29, 1.82) is 0 Å². The van der Waals surface area contributed by atoms with Crippen molar-refractivity contribution >= 4 is 5.91 Å². The number of rotatable bonds is 5. The highest BCUT2D eigenvalue weighted by molar-refractivity contribution is 5.77. The van der Waals surface area contributed by atoms with Crippen molar-refractivity contribution < 1.29 is 9.53 Å². The lowest BCUT2D eigenvalue weighted by molar-refractivity contribution is -0.124. The fourth-order valence-corrected chi connectivity index (χ4v) is 3.38. The van der Waals surface area contributed by atoms with Crippen LogP contribution in [-0.4, -0.2) is 37.2 Å². The number of nitrogens with one attached hydrogen (secondary N) is 2. The van der Waals surface area contributed by atoms with Gasteiger partial charge in [0, 0.05) is 25.1 Å². The smallest absolute Gasteiger partial charge is 0.221 e. The molecule has 0 spiro atoms. The fraction of sp³-hybridized carbons (Fsp3) is 0.933. The average molecular weight is 268 g/mol. The summed E-state index contributed by atoms with van der Waals surface area (Å²) in [4.78, 5) is 12.2. The van der Waals surface area contributed by atoms with E-state index in [1.807, 2.05) is 7.05 Å². The Bertz CT molecular complexity index is 305. The first-order chi connectivity index (χ1) is 9.08. The molecule has 110 valence electrons. The first kappa shape index (κ1) is 14.8. The molecule has 1 atom stereocenters. The summed E-state index contributed by atoms with van der Waals surface area (Å²) in [6, 6.07) is 0. The molecular weight excluding hydrogens is 240 g/mol. The number of amides is 1. The monoisotopic (exact) mass is 268 g/mol. The molecule has 4 heteroatoms. The van der Waals surface area contributed by atoms with Gasteiger partial charge in [-0.3, -0.25) is 4.79 Å². The predicted molar refractivity (Wildman–Crippen MR) is 76.1 cm³/mol. The van der Waals surface area contributed by atoms with Crippen LogP contribution in [0.2, 0.25) is 0 Å². The molecule has 1 amide bonds. The Morgan fingerprint density at radius 1 is 1.16 bits per heavy atom. The average Bonchev–Trinajstić information content (AvgIpc) is 2.85. The van der Waals surface area contributed by atoms with Crippen LogP contribution in [-0.2, 0) is 9.53 Å². The lowest BCUT2D eigenvalue weighted by Gasteiger charge is -2.37. The Labute approximate surface area is 116 Å². The molecule has 1 saturated heterocycles. The molecule has 2 aliphatic rings. The fourth-order valence-electron chi connectivity index (χ4n) is 3.38. The zero-order chi connectivity index (χ0) is 13.8. The van der Waals surface area contributed by atoms with Crippen molar-refractivity contribution in [3.8, 4) is 0 Å². The molecule has 1 aliphatic carbocycles. The number of carbonyl (C=O) groups is 1. The summed E-state index contributed by atoms with van der Waals surface area (Å²) in [6.07, 6.45) is 8.74. The number of hydrogen-bond acceptors (Lipinski definition) is 3. The van der Waals surface area contributed by atoms with Crippen molar-refractivity contribution in [2.24, 2.45) is 0 Å². The lowest BCUT2D eigenvalue weighted by atomic mass is 9.79. The van der Waals surface area contributed by atoms with Crippen LogP contribution >= 0.6 is 0 Å². The molecule has 0 radical (unpaired) electrons. The summed E-state index contributed by atoms with van der Waals surface area (Å²) in [6.45, 7) is 3.56. The number of carbonyl (C=O) groups excluding carboxylic acids is 1. The van der Waals surface area contributed by atoms with Crippen molar-refractivity contribution in [2.45, 2.75) is 69.4 Å². The van der Waals surface area contributed by atoms with Gasteiger partial charge in [-0.05, 0) is 39.7 Å². The van der Waals surface area contributed by atoms with Gasteiger partial charge in [0.15, 0.2) is 0 Å². The summed E-state index contributed by atoms with van der Waals surface area (Å²) in [5, 5.41) is 6.46. The molecule has 1 unspecified atom stereocenters. The Hall–Kier alpha value is -0.610. The van der Waals surface area contributed by atoms with Crippen molar-refractivity contribution in [3.05, 3.63) is 0 Å². The van der Waals surface area contributed by atoms with Crippen LogP contribution in [0.3, 0.4) is 0 Å². The Morgan fingerprint density at radius 2 is 1.89 bits per heavy atom. The highest BCUT2D eigenvalue weighted by Crippen LogP contribution is 2.31. The van der Waals surface area contributed by atoms with Crippen LogP contribution in [0.5, 0.6) is 0 Å². The molecule has 2 rings (SSSR count). The molecule has 0 aromatic rings. The molecule has 2 N–H and O–H groups in total. The van der Waals surface area contributed by atoms with Gasteiger partial charge < -0.3 is 15.4 Å². The van der Waals surface area contributed by atoms with Gasteiger partial charge in [-0.25, -0.2) is 0 Å². The molecule has 0 bridgehead atoms. The topological polar surface area (TPSA) is 50.4 Å². The second-order valence-electron chi connectivity index (χ2n) is 6.45. The third-order valence-corrected chi connectivity index (χ3v) is 4.80. The molecule has 1 saturated carbocycles. The summed E-state index contributed by atoms with van der Waals surface area (Å²) in [5.74, 6) is 0.160. The van der Waals surface area contributed by atoms with E-state index in [1.165, 1.54) is 19.3 Å². The molecule has 0 aromatic carbocycles. The second kappa shape index (κ2) is 6.23. The molecule has 4 nitrogen and oxygen atoms in total. The molecule has 19 heavy (non-hydrogen) atoms. The highest BCUT2D eigenvalue weighted by atomic mass is 16.5. The Kier molecular flexibility index (Phi) is 4.85. The SMILES string of the molecule is CNC1(CC(=O)NCC2(C)CCCO2)CCCCC1. The summed E-state index contributed by atoms with van der Waals surface area (Å²) >= 11 is 0. The quantitative estimate of drug-likeness (QED) is 0.801. The third kappa shape index (κ3) is 3.93. The lowest BCUT2D eigenvalue weighted by Crippen LogP contribution is -2.49. The summed E-state index contributed by atoms with van der Waals surface area (Å²) in [7, 11) is 1.99. The van der Waals surface area contributed by atoms with Crippen LogP contribution in [0.4, 0.5) is 0 Å². The van der Waals surface area contributed by atoms with Gasteiger partial charge in [-0.1, -0.05) is 19.3 Å². The Morgan fingerprint density at radius 3 is 2.47 bits per heavy atom. The number of hydrogen-bond donors (Lipinski definition) is 2. The predicted octanol–water partition coefficient (Wildman–Crippen LogP) is 1.98. The van der Waals surface area contributed by atoms with Gasteiger partial charge in [-0.2, -0.15) is 0 Å². The maximum atomic E-state index is 12.2. The van der Waals surface area contributed by atoms with Crippen LogP contribution in [0.25, 0.3) is 0 Å². The molecule has 0 aromatic heterocycles. The first-order valence-corrected chi connectivity index (χ1v) is 7.67. The van der Waals surface area contributed by atoms with Gasteiger partial charge >= 0.3 is 0 Å². The van der Waals surface area contributed by atoms with Crippen LogP contribution in [0.1, 0.15) is 58.3 Å². The van der Waals surface area contributed by atoms with Crippen molar-refractivity contribution in [3.63, 3.8) is 0 Å².